The number of hydrogen-bond acceptors (Lipinski definition) is 4. The molecule has 0 atom stereocenters. The molecule has 3 aromatic rings. The first-order valence-corrected chi connectivity index (χ1v) is 11.1. The van der Waals surface area contributed by atoms with E-state index < -0.39 is 0 Å². The molecule has 0 aromatic heterocycles. The second-order valence-corrected chi connectivity index (χ2v) is 8.29. The number of hydrogen-bond donors (Lipinski definition) is 2. The zero-order valence-corrected chi connectivity index (χ0v) is 18.5. The van der Waals surface area contributed by atoms with E-state index >= 15 is 0 Å². The van der Waals surface area contributed by atoms with Crippen molar-refractivity contribution in [3.8, 4) is 0 Å². The van der Waals surface area contributed by atoms with Crippen molar-refractivity contribution in [3.63, 3.8) is 0 Å². The number of nitrogens with zero attached hydrogens (tertiary/aromatic N) is 1. The summed E-state index contributed by atoms with van der Waals surface area (Å²) >= 11 is 7.46. The van der Waals surface area contributed by atoms with Gasteiger partial charge in [-0.3, -0.25) is 9.59 Å². The Morgan fingerprint density at radius 1 is 0.903 bits per heavy atom. The van der Waals surface area contributed by atoms with Gasteiger partial charge in [-0.1, -0.05) is 41.9 Å². The topological polar surface area (TPSA) is 70.6 Å². The van der Waals surface area contributed by atoms with Crippen LogP contribution in [-0.4, -0.2) is 23.3 Å². The second-order valence-electron chi connectivity index (χ2n) is 6.68. The highest BCUT2D eigenvalue weighted by Crippen LogP contribution is 2.20. The molecule has 158 valence electrons. The zero-order chi connectivity index (χ0) is 22.1. The summed E-state index contributed by atoms with van der Waals surface area (Å²) in [6, 6.07) is 23.9. The van der Waals surface area contributed by atoms with Crippen LogP contribution in [0.25, 0.3) is 0 Å². The molecule has 3 rings (SSSR count). The van der Waals surface area contributed by atoms with E-state index in [0.29, 0.717) is 34.2 Å². The van der Waals surface area contributed by atoms with Crippen molar-refractivity contribution in [2.24, 2.45) is 5.10 Å². The summed E-state index contributed by atoms with van der Waals surface area (Å²) in [4.78, 5) is 25.3. The van der Waals surface area contributed by atoms with E-state index in [0.717, 1.165) is 10.5 Å². The van der Waals surface area contributed by atoms with E-state index in [1.54, 1.807) is 36.0 Å². The summed E-state index contributed by atoms with van der Waals surface area (Å²) in [7, 11) is 0. The maximum absolute atomic E-state index is 12.2. The van der Waals surface area contributed by atoms with Gasteiger partial charge in [-0.25, -0.2) is 5.43 Å². The molecule has 0 saturated heterocycles. The van der Waals surface area contributed by atoms with Crippen molar-refractivity contribution in [1.82, 2.24) is 5.43 Å². The molecule has 3 aromatic carbocycles. The van der Waals surface area contributed by atoms with E-state index in [1.807, 2.05) is 61.5 Å². The monoisotopic (exact) mass is 451 g/mol. The second kappa shape index (κ2) is 11.3. The molecular weight excluding hydrogens is 430 g/mol. The summed E-state index contributed by atoms with van der Waals surface area (Å²) in [6.45, 7) is 1.82. The van der Waals surface area contributed by atoms with Crippen molar-refractivity contribution < 1.29 is 9.59 Å². The fourth-order valence-corrected chi connectivity index (χ4v) is 3.62. The molecule has 7 heteroatoms. The van der Waals surface area contributed by atoms with Crippen LogP contribution in [0.3, 0.4) is 0 Å². The zero-order valence-electron chi connectivity index (χ0n) is 17.0. The van der Waals surface area contributed by atoms with Crippen LogP contribution >= 0.6 is 23.4 Å². The third kappa shape index (κ3) is 7.27. The van der Waals surface area contributed by atoms with Gasteiger partial charge in [0.2, 0.25) is 5.91 Å². The Balaban J connectivity index is 1.46. The Kier molecular flexibility index (Phi) is 8.27. The smallest absolute Gasteiger partial charge is 0.255 e. The Labute approximate surface area is 190 Å². The number of amides is 2. The molecule has 2 N–H and O–H groups in total. The molecule has 31 heavy (non-hydrogen) atoms. The SMILES string of the molecule is C/C(=N/NC(=O)CCSc1ccc(Cl)cc1)c1ccc(NC(=O)c2ccccc2)cc1. The molecule has 0 saturated carbocycles. The molecule has 0 radical (unpaired) electrons. The maximum Gasteiger partial charge on any atom is 0.255 e. The minimum atomic E-state index is -0.164. The van der Waals surface area contributed by atoms with Crippen LogP contribution in [0, 0.1) is 0 Å². The number of rotatable bonds is 8. The van der Waals surface area contributed by atoms with Gasteiger partial charge in [-0.2, -0.15) is 5.10 Å². The molecular formula is C24H22ClN3O2S. The van der Waals surface area contributed by atoms with Gasteiger partial charge in [-0.15, -0.1) is 11.8 Å². The van der Waals surface area contributed by atoms with Crippen molar-refractivity contribution in [3.05, 3.63) is 95.0 Å². The number of anilines is 1. The van der Waals surface area contributed by atoms with Crippen molar-refractivity contribution in [2.75, 3.05) is 11.1 Å². The van der Waals surface area contributed by atoms with Crippen LogP contribution in [0.2, 0.25) is 5.02 Å². The van der Waals surface area contributed by atoms with Crippen molar-refractivity contribution >= 4 is 46.6 Å². The van der Waals surface area contributed by atoms with Crippen LogP contribution in [0.4, 0.5) is 5.69 Å². The lowest BCUT2D eigenvalue weighted by Crippen LogP contribution is -2.19. The predicted molar refractivity (Wildman–Crippen MR) is 128 cm³/mol. The molecule has 0 unspecified atom stereocenters. The number of hydrazone groups is 1. The lowest BCUT2D eigenvalue weighted by atomic mass is 10.1. The van der Waals surface area contributed by atoms with Gasteiger partial charge in [0.25, 0.3) is 5.91 Å². The van der Waals surface area contributed by atoms with Crippen molar-refractivity contribution in [1.29, 1.82) is 0 Å². The molecule has 0 bridgehead atoms. The van der Waals surface area contributed by atoms with Crippen molar-refractivity contribution in [2.45, 2.75) is 18.2 Å². The van der Waals surface area contributed by atoms with Gasteiger partial charge < -0.3 is 5.32 Å². The van der Waals surface area contributed by atoms with Gasteiger partial charge >= 0.3 is 0 Å². The number of thioether (sulfide) groups is 1. The average Bonchev–Trinajstić information content (AvgIpc) is 2.80. The standard InChI is InChI=1S/C24H22ClN3O2S/c1-17(27-28-23(29)15-16-31-22-13-9-20(25)10-14-22)18-7-11-21(12-8-18)26-24(30)19-5-3-2-4-6-19/h2-14H,15-16H2,1H3,(H,26,30)(H,28,29)/b27-17-. The maximum atomic E-state index is 12.2. The van der Waals surface area contributed by atoms with Gasteiger partial charge in [0, 0.05) is 33.3 Å². The van der Waals surface area contributed by atoms with Gasteiger partial charge in [0.15, 0.2) is 0 Å². The number of nitrogens with one attached hydrogen (secondary N) is 2. The van der Waals surface area contributed by atoms with Crippen LogP contribution in [0.1, 0.15) is 29.3 Å². The van der Waals surface area contributed by atoms with E-state index in [1.165, 1.54) is 0 Å². The first kappa shape index (κ1) is 22.6. The van der Waals surface area contributed by atoms with Crippen LogP contribution < -0.4 is 10.7 Å². The Bertz CT molecular complexity index is 1050. The minimum absolute atomic E-state index is 0.146. The Hall–Kier alpha value is -3.09. The molecule has 0 fully saturated rings. The normalized spacial score (nSPS) is 11.1. The quantitative estimate of drug-likeness (QED) is 0.265. The highest BCUT2D eigenvalue weighted by Gasteiger charge is 2.06. The predicted octanol–water partition coefficient (Wildman–Crippen LogP) is 5.61. The largest absolute Gasteiger partial charge is 0.322 e. The molecule has 0 aliphatic carbocycles. The van der Waals surface area contributed by atoms with Crippen LogP contribution in [0.15, 0.2) is 88.9 Å². The number of carbonyl (C=O) groups excluding carboxylic acids is 2. The Morgan fingerprint density at radius 2 is 1.58 bits per heavy atom. The molecule has 0 aliphatic rings. The summed E-state index contributed by atoms with van der Waals surface area (Å²) in [5.74, 6) is 0.340. The lowest BCUT2D eigenvalue weighted by Gasteiger charge is -2.07. The van der Waals surface area contributed by atoms with Crippen LogP contribution in [0.5, 0.6) is 0 Å². The summed E-state index contributed by atoms with van der Waals surface area (Å²) in [6.07, 6.45) is 0.356. The highest BCUT2D eigenvalue weighted by atomic mass is 35.5. The summed E-state index contributed by atoms with van der Waals surface area (Å²) in [5, 5.41) is 7.72. The first-order valence-electron chi connectivity index (χ1n) is 9.69. The number of halogens is 1. The molecule has 0 spiro atoms. The minimum Gasteiger partial charge on any atom is -0.322 e. The first-order chi connectivity index (χ1) is 15.0. The molecule has 0 heterocycles. The third-order valence-corrected chi connectivity index (χ3v) is 5.62. The molecule has 2 amide bonds. The third-order valence-electron chi connectivity index (χ3n) is 4.36. The summed E-state index contributed by atoms with van der Waals surface area (Å²) < 4.78 is 0. The molecule has 5 nitrogen and oxygen atoms in total. The molecule has 0 aliphatic heterocycles. The van der Waals surface area contributed by atoms with Crippen LogP contribution in [-0.2, 0) is 4.79 Å². The van der Waals surface area contributed by atoms with Gasteiger partial charge in [0.1, 0.15) is 0 Å². The van der Waals surface area contributed by atoms with E-state index in [2.05, 4.69) is 15.8 Å². The fourth-order valence-electron chi connectivity index (χ4n) is 2.65. The summed E-state index contributed by atoms with van der Waals surface area (Å²) in [5.41, 5.74) is 5.41. The van der Waals surface area contributed by atoms with E-state index in [4.69, 9.17) is 11.6 Å². The Morgan fingerprint density at radius 3 is 2.26 bits per heavy atom. The van der Waals surface area contributed by atoms with Gasteiger partial charge in [0.05, 0.1) is 5.71 Å². The number of carbonyl (C=O) groups is 2. The highest BCUT2D eigenvalue weighted by molar-refractivity contribution is 7.99. The van der Waals surface area contributed by atoms with E-state index in [-0.39, 0.29) is 11.8 Å². The van der Waals surface area contributed by atoms with Gasteiger partial charge in [-0.05, 0) is 61.0 Å². The average molecular weight is 452 g/mol. The lowest BCUT2D eigenvalue weighted by molar-refractivity contribution is -0.120. The fraction of sp³-hybridized carbons (Fsp3) is 0.125. The number of benzene rings is 3. The van der Waals surface area contributed by atoms with E-state index in [9.17, 15) is 9.59 Å².